The molecule has 0 atom stereocenters. The molecule has 2 aromatic heterocycles. The second kappa shape index (κ2) is 9.18. The summed E-state index contributed by atoms with van der Waals surface area (Å²) in [5.74, 6) is 1.06. The van der Waals surface area contributed by atoms with Crippen LogP contribution in [-0.2, 0) is 11.3 Å². The van der Waals surface area contributed by atoms with Gasteiger partial charge in [-0.3, -0.25) is 0 Å². The average Bonchev–Trinajstić information content (AvgIpc) is 3.16. The first-order valence-electron chi connectivity index (χ1n) is 8.70. The standard InChI is InChI=1S/C19H20ClN5O3/c1-27-19(26)14-11-13(20)7-8-16(14)28-10-3-2-9-25-12-22-24-18(25)15-5-4-6-17(21)23-15/h4-8,11-12H,2-3,9-10H2,1H3,(H2,21,23). The van der Waals surface area contributed by atoms with Crippen LogP contribution in [0.5, 0.6) is 5.75 Å². The van der Waals surface area contributed by atoms with Gasteiger partial charge in [-0.1, -0.05) is 17.7 Å². The number of pyridine rings is 1. The fourth-order valence-electron chi connectivity index (χ4n) is 2.66. The van der Waals surface area contributed by atoms with Gasteiger partial charge in [0.05, 0.1) is 13.7 Å². The normalized spacial score (nSPS) is 10.6. The number of aryl methyl sites for hydroxylation is 1. The van der Waals surface area contributed by atoms with Crippen LogP contribution in [0.4, 0.5) is 5.82 Å². The summed E-state index contributed by atoms with van der Waals surface area (Å²) in [4.78, 5) is 16.1. The lowest BCUT2D eigenvalue weighted by molar-refractivity contribution is 0.0596. The van der Waals surface area contributed by atoms with Crippen molar-refractivity contribution in [2.45, 2.75) is 19.4 Å². The zero-order valence-electron chi connectivity index (χ0n) is 15.3. The van der Waals surface area contributed by atoms with Crippen molar-refractivity contribution in [2.24, 2.45) is 0 Å². The van der Waals surface area contributed by atoms with Crippen LogP contribution in [-0.4, -0.2) is 39.4 Å². The summed E-state index contributed by atoms with van der Waals surface area (Å²) in [7, 11) is 1.32. The van der Waals surface area contributed by atoms with Crippen LogP contribution < -0.4 is 10.5 Å². The molecule has 3 aromatic rings. The lowest BCUT2D eigenvalue weighted by Crippen LogP contribution is -2.08. The number of hydrogen-bond acceptors (Lipinski definition) is 7. The van der Waals surface area contributed by atoms with E-state index in [1.807, 2.05) is 16.7 Å². The molecule has 8 nitrogen and oxygen atoms in total. The highest BCUT2D eigenvalue weighted by Crippen LogP contribution is 2.24. The van der Waals surface area contributed by atoms with Gasteiger partial charge in [-0.15, -0.1) is 10.2 Å². The number of methoxy groups -OCH3 is 1. The number of esters is 1. The maximum atomic E-state index is 11.8. The molecule has 0 aliphatic carbocycles. The van der Waals surface area contributed by atoms with E-state index in [4.69, 9.17) is 26.8 Å². The third-order valence-electron chi connectivity index (χ3n) is 4.01. The number of unbranched alkanes of at least 4 members (excludes halogenated alkanes) is 1. The summed E-state index contributed by atoms with van der Waals surface area (Å²) in [6, 6.07) is 10.3. The van der Waals surface area contributed by atoms with Crippen LogP contribution in [0.1, 0.15) is 23.2 Å². The number of ether oxygens (including phenoxy) is 2. The second-order valence-electron chi connectivity index (χ2n) is 5.98. The molecule has 146 valence electrons. The molecule has 0 bridgehead atoms. The number of nitrogen functional groups attached to an aromatic ring is 1. The van der Waals surface area contributed by atoms with E-state index in [9.17, 15) is 4.79 Å². The molecule has 0 saturated carbocycles. The molecule has 0 aliphatic heterocycles. The number of carbonyl (C=O) groups excluding carboxylic acids is 1. The molecule has 0 spiro atoms. The first kappa shape index (κ1) is 19.6. The minimum atomic E-state index is -0.485. The fraction of sp³-hybridized carbons (Fsp3) is 0.263. The van der Waals surface area contributed by atoms with E-state index in [-0.39, 0.29) is 0 Å². The van der Waals surface area contributed by atoms with E-state index in [1.54, 1.807) is 24.5 Å². The van der Waals surface area contributed by atoms with Gasteiger partial charge in [0.2, 0.25) is 0 Å². The third kappa shape index (κ3) is 4.77. The Kier molecular flexibility index (Phi) is 6.44. The lowest BCUT2D eigenvalue weighted by atomic mass is 10.2. The molecule has 0 saturated heterocycles. The van der Waals surface area contributed by atoms with Gasteiger partial charge < -0.3 is 19.8 Å². The lowest BCUT2D eigenvalue weighted by Gasteiger charge is -2.11. The van der Waals surface area contributed by atoms with Crippen molar-refractivity contribution in [3.8, 4) is 17.3 Å². The molecule has 0 aliphatic rings. The Morgan fingerprint density at radius 3 is 2.89 bits per heavy atom. The van der Waals surface area contributed by atoms with Gasteiger partial charge in [0.25, 0.3) is 0 Å². The van der Waals surface area contributed by atoms with Crippen LogP contribution in [0.15, 0.2) is 42.7 Å². The van der Waals surface area contributed by atoms with Crippen molar-refractivity contribution in [3.05, 3.63) is 53.3 Å². The maximum Gasteiger partial charge on any atom is 0.341 e. The van der Waals surface area contributed by atoms with E-state index in [2.05, 4.69) is 15.2 Å². The van der Waals surface area contributed by atoms with Crippen molar-refractivity contribution >= 4 is 23.4 Å². The van der Waals surface area contributed by atoms with E-state index in [0.717, 1.165) is 12.8 Å². The molecule has 0 radical (unpaired) electrons. The molecular formula is C19H20ClN5O3. The summed E-state index contributed by atoms with van der Waals surface area (Å²) in [5, 5.41) is 8.53. The van der Waals surface area contributed by atoms with Gasteiger partial charge in [0, 0.05) is 11.6 Å². The second-order valence-corrected chi connectivity index (χ2v) is 6.42. The predicted molar refractivity (Wildman–Crippen MR) is 105 cm³/mol. The van der Waals surface area contributed by atoms with E-state index >= 15 is 0 Å². The average molecular weight is 402 g/mol. The van der Waals surface area contributed by atoms with Crippen LogP contribution in [0.3, 0.4) is 0 Å². The third-order valence-corrected chi connectivity index (χ3v) is 4.25. The van der Waals surface area contributed by atoms with Crippen LogP contribution in [0, 0.1) is 0 Å². The van der Waals surface area contributed by atoms with Gasteiger partial charge in [0.1, 0.15) is 29.2 Å². The molecule has 28 heavy (non-hydrogen) atoms. The SMILES string of the molecule is COC(=O)c1cc(Cl)ccc1OCCCCn1cnnc1-c1cccc(N)n1. The summed E-state index contributed by atoms with van der Waals surface area (Å²) >= 11 is 5.94. The van der Waals surface area contributed by atoms with E-state index in [1.165, 1.54) is 13.2 Å². The van der Waals surface area contributed by atoms with Gasteiger partial charge in [-0.25, -0.2) is 9.78 Å². The Morgan fingerprint density at radius 2 is 2.11 bits per heavy atom. The van der Waals surface area contributed by atoms with E-state index in [0.29, 0.717) is 46.8 Å². The number of carbonyl (C=O) groups is 1. The Morgan fingerprint density at radius 1 is 1.25 bits per heavy atom. The van der Waals surface area contributed by atoms with Crippen LogP contribution >= 0.6 is 11.6 Å². The quantitative estimate of drug-likeness (QED) is 0.456. The topological polar surface area (TPSA) is 105 Å². The minimum absolute atomic E-state index is 0.309. The van der Waals surface area contributed by atoms with Crippen molar-refractivity contribution in [3.63, 3.8) is 0 Å². The summed E-state index contributed by atoms with van der Waals surface area (Å²) in [6.45, 7) is 1.15. The van der Waals surface area contributed by atoms with Gasteiger partial charge >= 0.3 is 5.97 Å². The highest BCUT2D eigenvalue weighted by molar-refractivity contribution is 6.31. The van der Waals surface area contributed by atoms with Crippen molar-refractivity contribution in [1.29, 1.82) is 0 Å². The largest absolute Gasteiger partial charge is 0.493 e. The zero-order chi connectivity index (χ0) is 19.9. The number of halogens is 1. The number of hydrogen-bond donors (Lipinski definition) is 1. The molecule has 0 amide bonds. The molecule has 2 N–H and O–H groups in total. The fourth-order valence-corrected chi connectivity index (χ4v) is 2.83. The summed E-state index contributed by atoms with van der Waals surface area (Å²) in [6.07, 6.45) is 3.26. The summed E-state index contributed by atoms with van der Waals surface area (Å²) in [5.41, 5.74) is 6.72. The van der Waals surface area contributed by atoms with Crippen molar-refractivity contribution in [2.75, 3.05) is 19.5 Å². The molecular weight excluding hydrogens is 382 g/mol. The van der Waals surface area contributed by atoms with Crippen LogP contribution in [0.2, 0.25) is 5.02 Å². The van der Waals surface area contributed by atoms with Gasteiger partial charge in [0.15, 0.2) is 5.82 Å². The number of aromatic nitrogens is 4. The van der Waals surface area contributed by atoms with Crippen LogP contribution in [0.25, 0.3) is 11.5 Å². The molecule has 1 aromatic carbocycles. The van der Waals surface area contributed by atoms with Gasteiger partial charge in [-0.2, -0.15) is 0 Å². The smallest absolute Gasteiger partial charge is 0.341 e. The Hall–Kier alpha value is -3.13. The van der Waals surface area contributed by atoms with Gasteiger partial charge in [-0.05, 0) is 43.2 Å². The van der Waals surface area contributed by atoms with Crippen molar-refractivity contribution in [1.82, 2.24) is 19.7 Å². The van der Waals surface area contributed by atoms with Crippen molar-refractivity contribution < 1.29 is 14.3 Å². The zero-order valence-corrected chi connectivity index (χ0v) is 16.1. The number of anilines is 1. The molecule has 3 rings (SSSR count). The number of nitrogens with zero attached hydrogens (tertiary/aromatic N) is 4. The number of nitrogens with two attached hydrogens (primary N) is 1. The first-order valence-corrected chi connectivity index (χ1v) is 9.07. The Bertz CT molecular complexity index is 960. The molecule has 9 heteroatoms. The first-order chi connectivity index (χ1) is 13.6. The Balaban J connectivity index is 1.54. The highest BCUT2D eigenvalue weighted by Gasteiger charge is 2.14. The molecule has 0 unspecified atom stereocenters. The highest BCUT2D eigenvalue weighted by atomic mass is 35.5. The maximum absolute atomic E-state index is 11.8. The van der Waals surface area contributed by atoms with E-state index < -0.39 is 5.97 Å². The minimum Gasteiger partial charge on any atom is -0.493 e. The number of benzene rings is 1. The molecule has 2 heterocycles. The summed E-state index contributed by atoms with van der Waals surface area (Å²) < 4.78 is 12.4. The number of rotatable bonds is 8. The predicted octanol–water partition coefficient (Wildman–Crippen LogP) is 3.22. The monoisotopic (exact) mass is 401 g/mol. The Labute approximate surface area is 167 Å². The molecule has 0 fully saturated rings.